The van der Waals surface area contributed by atoms with Gasteiger partial charge in [0.05, 0.1) is 0 Å². The molecule has 0 radical (unpaired) electrons. The summed E-state index contributed by atoms with van der Waals surface area (Å²) in [6.07, 6.45) is 8.39. The molecule has 1 aromatic heterocycles. The molecule has 2 N–H and O–H groups in total. The molecule has 0 spiro atoms. The number of rotatable bonds is 1. The molecule has 2 heteroatoms. The van der Waals surface area contributed by atoms with Crippen molar-refractivity contribution in [3.05, 3.63) is 29.6 Å². The van der Waals surface area contributed by atoms with Gasteiger partial charge >= 0.3 is 0 Å². The summed E-state index contributed by atoms with van der Waals surface area (Å²) in [7, 11) is 0. The molecule has 16 heavy (non-hydrogen) atoms. The van der Waals surface area contributed by atoms with Crippen LogP contribution in [0.2, 0.25) is 0 Å². The van der Waals surface area contributed by atoms with E-state index in [-0.39, 0.29) is 5.54 Å². The van der Waals surface area contributed by atoms with Crippen LogP contribution in [0.5, 0.6) is 0 Å². The van der Waals surface area contributed by atoms with Crippen molar-refractivity contribution >= 4 is 0 Å². The lowest BCUT2D eigenvalue weighted by Crippen LogP contribution is -2.42. The van der Waals surface area contributed by atoms with Crippen LogP contribution in [-0.2, 0) is 5.54 Å². The SMILES string of the molecule is Cc1cncc(C2(N)CCC(C)(C)CC2)c1. The fourth-order valence-electron chi connectivity index (χ4n) is 2.49. The fourth-order valence-corrected chi connectivity index (χ4v) is 2.49. The monoisotopic (exact) mass is 218 g/mol. The van der Waals surface area contributed by atoms with Gasteiger partial charge in [0.1, 0.15) is 0 Å². The van der Waals surface area contributed by atoms with Crippen molar-refractivity contribution in [1.29, 1.82) is 0 Å². The Kier molecular flexibility index (Phi) is 2.79. The van der Waals surface area contributed by atoms with E-state index in [9.17, 15) is 0 Å². The van der Waals surface area contributed by atoms with Crippen LogP contribution in [0, 0.1) is 12.3 Å². The molecule has 1 aromatic rings. The molecular weight excluding hydrogens is 196 g/mol. The molecule has 2 nitrogen and oxygen atoms in total. The van der Waals surface area contributed by atoms with Gasteiger partial charge in [-0.15, -0.1) is 0 Å². The summed E-state index contributed by atoms with van der Waals surface area (Å²) in [5.41, 5.74) is 9.26. The van der Waals surface area contributed by atoms with Gasteiger partial charge in [-0.3, -0.25) is 4.98 Å². The Morgan fingerprint density at radius 2 is 1.75 bits per heavy atom. The number of pyridine rings is 1. The van der Waals surface area contributed by atoms with Crippen LogP contribution in [0.15, 0.2) is 18.5 Å². The average Bonchev–Trinajstić information content (AvgIpc) is 2.23. The number of nitrogens with two attached hydrogens (primary N) is 1. The van der Waals surface area contributed by atoms with Gasteiger partial charge in [0.15, 0.2) is 0 Å². The molecular formula is C14H22N2. The predicted octanol–water partition coefficient (Wildman–Crippen LogP) is 3.14. The van der Waals surface area contributed by atoms with E-state index in [0.29, 0.717) is 5.41 Å². The van der Waals surface area contributed by atoms with Crippen LogP contribution in [0.1, 0.15) is 50.7 Å². The number of nitrogens with zero attached hydrogens (tertiary/aromatic N) is 1. The Labute approximate surface area is 98.3 Å². The van der Waals surface area contributed by atoms with Crippen molar-refractivity contribution in [2.75, 3.05) is 0 Å². The minimum Gasteiger partial charge on any atom is -0.321 e. The number of aromatic nitrogens is 1. The summed E-state index contributed by atoms with van der Waals surface area (Å²) in [6.45, 7) is 6.74. The van der Waals surface area contributed by atoms with Gasteiger partial charge in [0.2, 0.25) is 0 Å². The Bertz CT molecular complexity index is 372. The third-order valence-corrected chi connectivity index (χ3v) is 3.95. The van der Waals surface area contributed by atoms with E-state index in [1.807, 2.05) is 12.4 Å². The molecule has 0 saturated heterocycles. The van der Waals surface area contributed by atoms with Crippen LogP contribution < -0.4 is 5.73 Å². The van der Waals surface area contributed by atoms with Crippen LogP contribution in [0.4, 0.5) is 0 Å². The van der Waals surface area contributed by atoms with Gasteiger partial charge in [-0.2, -0.15) is 0 Å². The highest BCUT2D eigenvalue weighted by atomic mass is 14.8. The van der Waals surface area contributed by atoms with Gasteiger partial charge in [-0.05, 0) is 49.1 Å². The van der Waals surface area contributed by atoms with Crippen molar-refractivity contribution in [1.82, 2.24) is 4.98 Å². The van der Waals surface area contributed by atoms with Crippen LogP contribution >= 0.6 is 0 Å². The highest BCUT2D eigenvalue weighted by Crippen LogP contribution is 2.43. The maximum atomic E-state index is 6.53. The van der Waals surface area contributed by atoms with Crippen LogP contribution in [0.25, 0.3) is 0 Å². The van der Waals surface area contributed by atoms with E-state index in [1.165, 1.54) is 24.0 Å². The lowest BCUT2D eigenvalue weighted by molar-refractivity contribution is 0.165. The van der Waals surface area contributed by atoms with Crippen molar-refractivity contribution < 1.29 is 0 Å². The summed E-state index contributed by atoms with van der Waals surface area (Å²) in [4.78, 5) is 4.26. The van der Waals surface area contributed by atoms with E-state index in [2.05, 4.69) is 31.8 Å². The molecule has 2 rings (SSSR count). The van der Waals surface area contributed by atoms with E-state index in [1.54, 1.807) is 0 Å². The molecule has 0 amide bonds. The lowest BCUT2D eigenvalue weighted by Gasteiger charge is -2.41. The maximum Gasteiger partial charge on any atom is 0.0425 e. The summed E-state index contributed by atoms with van der Waals surface area (Å²) in [5, 5.41) is 0. The molecule has 0 atom stereocenters. The molecule has 0 aliphatic heterocycles. The second kappa shape index (κ2) is 3.85. The van der Waals surface area contributed by atoms with E-state index < -0.39 is 0 Å². The minimum atomic E-state index is -0.144. The first-order valence-corrected chi connectivity index (χ1v) is 6.12. The zero-order valence-electron chi connectivity index (χ0n) is 10.6. The largest absolute Gasteiger partial charge is 0.321 e. The van der Waals surface area contributed by atoms with E-state index in [0.717, 1.165) is 12.8 Å². The molecule has 1 aliphatic carbocycles. The third kappa shape index (κ3) is 2.27. The minimum absolute atomic E-state index is 0.144. The number of aryl methyl sites for hydroxylation is 1. The maximum absolute atomic E-state index is 6.53. The molecule has 1 saturated carbocycles. The Balaban J connectivity index is 2.21. The first-order chi connectivity index (χ1) is 7.41. The fraction of sp³-hybridized carbons (Fsp3) is 0.643. The highest BCUT2D eigenvalue weighted by molar-refractivity contribution is 5.25. The second-order valence-corrected chi connectivity index (χ2v) is 6.07. The lowest BCUT2D eigenvalue weighted by atomic mass is 9.67. The zero-order chi connectivity index (χ0) is 11.8. The van der Waals surface area contributed by atoms with Gasteiger partial charge in [-0.1, -0.05) is 19.9 Å². The van der Waals surface area contributed by atoms with Crippen molar-refractivity contribution in [2.24, 2.45) is 11.1 Å². The van der Waals surface area contributed by atoms with Crippen LogP contribution in [0.3, 0.4) is 0 Å². The molecule has 0 unspecified atom stereocenters. The van der Waals surface area contributed by atoms with Gasteiger partial charge < -0.3 is 5.73 Å². The molecule has 0 aromatic carbocycles. The highest BCUT2D eigenvalue weighted by Gasteiger charge is 2.36. The van der Waals surface area contributed by atoms with Crippen molar-refractivity contribution in [2.45, 2.75) is 52.0 Å². The van der Waals surface area contributed by atoms with Crippen molar-refractivity contribution in [3.8, 4) is 0 Å². The molecule has 88 valence electrons. The van der Waals surface area contributed by atoms with Gasteiger partial charge in [0.25, 0.3) is 0 Å². The third-order valence-electron chi connectivity index (χ3n) is 3.95. The first-order valence-electron chi connectivity index (χ1n) is 6.12. The molecule has 1 heterocycles. The summed E-state index contributed by atoms with van der Waals surface area (Å²) < 4.78 is 0. The first kappa shape index (κ1) is 11.6. The summed E-state index contributed by atoms with van der Waals surface area (Å²) >= 11 is 0. The Morgan fingerprint density at radius 1 is 1.12 bits per heavy atom. The molecule has 1 fully saturated rings. The standard InChI is InChI=1S/C14H22N2/c1-11-8-12(10-16-9-11)14(15)6-4-13(2,3)5-7-14/h8-10H,4-7,15H2,1-3H3. The number of hydrogen-bond donors (Lipinski definition) is 1. The molecule has 1 aliphatic rings. The van der Waals surface area contributed by atoms with E-state index >= 15 is 0 Å². The Morgan fingerprint density at radius 3 is 2.31 bits per heavy atom. The molecule has 0 bridgehead atoms. The van der Waals surface area contributed by atoms with Gasteiger partial charge in [-0.25, -0.2) is 0 Å². The van der Waals surface area contributed by atoms with Gasteiger partial charge in [0, 0.05) is 17.9 Å². The zero-order valence-corrected chi connectivity index (χ0v) is 10.6. The predicted molar refractivity (Wildman–Crippen MR) is 67.1 cm³/mol. The average molecular weight is 218 g/mol. The quantitative estimate of drug-likeness (QED) is 0.786. The number of hydrogen-bond acceptors (Lipinski definition) is 2. The normalized spacial score (nSPS) is 23.0. The smallest absolute Gasteiger partial charge is 0.0425 e. The second-order valence-electron chi connectivity index (χ2n) is 6.07. The Hall–Kier alpha value is -0.890. The topological polar surface area (TPSA) is 38.9 Å². The van der Waals surface area contributed by atoms with E-state index in [4.69, 9.17) is 5.73 Å². The van der Waals surface area contributed by atoms with Crippen molar-refractivity contribution in [3.63, 3.8) is 0 Å². The summed E-state index contributed by atoms with van der Waals surface area (Å²) in [5.74, 6) is 0. The van der Waals surface area contributed by atoms with Crippen LogP contribution in [-0.4, -0.2) is 4.98 Å². The summed E-state index contributed by atoms with van der Waals surface area (Å²) in [6, 6.07) is 2.19.